The van der Waals surface area contributed by atoms with E-state index < -0.39 is 0 Å². The van der Waals surface area contributed by atoms with E-state index in [9.17, 15) is 4.79 Å². The molecule has 0 aliphatic heterocycles. The van der Waals surface area contributed by atoms with Gasteiger partial charge in [-0.1, -0.05) is 29.8 Å². The summed E-state index contributed by atoms with van der Waals surface area (Å²) in [5.74, 6) is 0.0903. The standard InChI is InChI=1S/C15H24N2O2/c1-13-4-6-14(7-5-13)12-16-10-8-15(18)17-9-3-11-19-2/h4-7,16H,3,8-12H2,1-2H3,(H,17,18). The fourth-order valence-electron chi connectivity index (χ4n) is 1.67. The van der Waals surface area contributed by atoms with Crippen LogP contribution in [0.25, 0.3) is 0 Å². The Morgan fingerprint density at radius 1 is 1.21 bits per heavy atom. The Balaban J connectivity index is 2.03. The molecule has 106 valence electrons. The van der Waals surface area contributed by atoms with Gasteiger partial charge in [-0.05, 0) is 18.9 Å². The molecule has 0 heterocycles. The van der Waals surface area contributed by atoms with E-state index in [2.05, 4.69) is 41.8 Å². The second kappa shape index (κ2) is 9.53. The molecule has 0 saturated carbocycles. The molecule has 1 aromatic carbocycles. The average Bonchev–Trinajstić information content (AvgIpc) is 2.42. The quantitative estimate of drug-likeness (QED) is 0.667. The smallest absolute Gasteiger partial charge is 0.221 e. The van der Waals surface area contributed by atoms with Gasteiger partial charge in [0.25, 0.3) is 0 Å². The number of aryl methyl sites for hydroxylation is 1. The highest BCUT2D eigenvalue weighted by molar-refractivity contribution is 5.75. The third-order valence-electron chi connectivity index (χ3n) is 2.83. The SMILES string of the molecule is COCCCNC(=O)CCNCc1ccc(C)cc1. The Labute approximate surface area is 115 Å². The van der Waals surface area contributed by atoms with Crippen molar-refractivity contribution < 1.29 is 9.53 Å². The average molecular weight is 264 g/mol. The third kappa shape index (κ3) is 7.59. The zero-order valence-electron chi connectivity index (χ0n) is 11.9. The van der Waals surface area contributed by atoms with E-state index in [4.69, 9.17) is 4.74 Å². The molecule has 0 atom stereocenters. The summed E-state index contributed by atoms with van der Waals surface area (Å²) in [5, 5.41) is 6.13. The van der Waals surface area contributed by atoms with Gasteiger partial charge in [0.15, 0.2) is 0 Å². The maximum atomic E-state index is 11.5. The zero-order valence-corrected chi connectivity index (χ0v) is 11.9. The van der Waals surface area contributed by atoms with Crippen molar-refractivity contribution in [1.82, 2.24) is 10.6 Å². The Morgan fingerprint density at radius 3 is 2.63 bits per heavy atom. The molecule has 0 spiro atoms. The minimum atomic E-state index is 0.0903. The maximum absolute atomic E-state index is 11.5. The van der Waals surface area contributed by atoms with E-state index in [0.29, 0.717) is 26.1 Å². The molecule has 0 bridgehead atoms. The highest BCUT2D eigenvalue weighted by Gasteiger charge is 2.00. The molecule has 0 saturated heterocycles. The predicted octanol–water partition coefficient (Wildman–Crippen LogP) is 1.63. The number of carbonyl (C=O) groups is 1. The van der Waals surface area contributed by atoms with Gasteiger partial charge in [-0.3, -0.25) is 4.79 Å². The predicted molar refractivity (Wildman–Crippen MR) is 77.0 cm³/mol. The summed E-state index contributed by atoms with van der Waals surface area (Å²) in [5.41, 5.74) is 2.50. The van der Waals surface area contributed by atoms with Crippen molar-refractivity contribution in [3.05, 3.63) is 35.4 Å². The van der Waals surface area contributed by atoms with E-state index in [1.807, 2.05) is 0 Å². The number of rotatable bonds is 9. The van der Waals surface area contributed by atoms with E-state index in [1.54, 1.807) is 7.11 Å². The highest BCUT2D eigenvalue weighted by Crippen LogP contribution is 2.02. The number of benzene rings is 1. The van der Waals surface area contributed by atoms with Crippen LogP contribution in [-0.2, 0) is 16.1 Å². The van der Waals surface area contributed by atoms with Crippen LogP contribution in [0.5, 0.6) is 0 Å². The van der Waals surface area contributed by atoms with Gasteiger partial charge in [-0.25, -0.2) is 0 Å². The van der Waals surface area contributed by atoms with E-state index in [-0.39, 0.29) is 5.91 Å². The lowest BCUT2D eigenvalue weighted by Gasteiger charge is -2.06. The minimum absolute atomic E-state index is 0.0903. The van der Waals surface area contributed by atoms with Gasteiger partial charge < -0.3 is 15.4 Å². The summed E-state index contributed by atoms with van der Waals surface area (Å²) >= 11 is 0. The molecule has 4 heteroatoms. The number of hydrogen-bond donors (Lipinski definition) is 2. The van der Waals surface area contributed by atoms with Gasteiger partial charge in [0.05, 0.1) is 0 Å². The minimum Gasteiger partial charge on any atom is -0.385 e. The lowest BCUT2D eigenvalue weighted by atomic mass is 10.1. The number of amides is 1. The number of nitrogens with one attached hydrogen (secondary N) is 2. The maximum Gasteiger partial charge on any atom is 0.221 e. The number of carbonyl (C=O) groups excluding carboxylic acids is 1. The normalized spacial score (nSPS) is 10.4. The lowest BCUT2D eigenvalue weighted by molar-refractivity contribution is -0.121. The van der Waals surface area contributed by atoms with Gasteiger partial charge in [-0.2, -0.15) is 0 Å². The molecule has 1 amide bonds. The van der Waals surface area contributed by atoms with Crippen LogP contribution in [0, 0.1) is 6.92 Å². The molecule has 2 N–H and O–H groups in total. The fraction of sp³-hybridized carbons (Fsp3) is 0.533. The first-order chi connectivity index (χ1) is 9.22. The van der Waals surface area contributed by atoms with Crippen LogP contribution in [0.1, 0.15) is 24.0 Å². The topological polar surface area (TPSA) is 50.4 Å². The van der Waals surface area contributed by atoms with Crippen molar-refractivity contribution in [2.24, 2.45) is 0 Å². The van der Waals surface area contributed by atoms with Gasteiger partial charge >= 0.3 is 0 Å². The van der Waals surface area contributed by atoms with Crippen LogP contribution >= 0.6 is 0 Å². The molecule has 0 fully saturated rings. The Bertz CT molecular complexity index is 363. The van der Waals surface area contributed by atoms with Crippen molar-refractivity contribution in [2.75, 3.05) is 26.8 Å². The first kappa shape index (κ1) is 15.7. The number of hydrogen-bond acceptors (Lipinski definition) is 3. The summed E-state index contributed by atoms with van der Waals surface area (Å²) in [6, 6.07) is 8.40. The molecule has 0 aliphatic carbocycles. The highest BCUT2D eigenvalue weighted by atomic mass is 16.5. The van der Waals surface area contributed by atoms with Crippen molar-refractivity contribution in [2.45, 2.75) is 26.3 Å². The van der Waals surface area contributed by atoms with E-state index in [0.717, 1.165) is 13.0 Å². The molecule has 19 heavy (non-hydrogen) atoms. The molecule has 1 aromatic rings. The lowest BCUT2D eigenvalue weighted by Crippen LogP contribution is -2.28. The first-order valence-corrected chi connectivity index (χ1v) is 6.74. The van der Waals surface area contributed by atoms with Crippen LogP contribution in [0.15, 0.2) is 24.3 Å². The van der Waals surface area contributed by atoms with Crippen molar-refractivity contribution in [3.63, 3.8) is 0 Å². The molecule has 4 nitrogen and oxygen atoms in total. The Morgan fingerprint density at radius 2 is 1.95 bits per heavy atom. The van der Waals surface area contributed by atoms with Crippen LogP contribution in [-0.4, -0.2) is 32.7 Å². The molecule has 0 aliphatic rings. The zero-order chi connectivity index (χ0) is 13.9. The van der Waals surface area contributed by atoms with E-state index >= 15 is 0 Å². The molecule has 1 rings (SSSR count). The van der Waals surface area contributed by atoms with Gasteiger partial charge in [0.1, 0.15) is 0 Å². The summed E-state index contributed by atoms with van der Waals surface area (Å²) in [6.45, 7) is 4.95. The third-order valence-corrected chi connectivity index (χ3v) is 2.83. The molecule has 0 unspecified atom stereocenters. The fourth-order valence-corrected chi connectivity index (χ4v) is 1.67. The van der Waals surface area contributed by atoms with E-state index in [1.165, 1.54) is 11.1 Å². The molecular weight excluding hydrogens is 240 g/mol. The summed E-state index contributed by atoms with van der Waals surface area (Å²) < 4.78 is 4.92. The second-order valence-electron chi connectivity index (χ2n) is 4.61. The Kier molecular flexibility index (Phi) is 7.86. The van der Waals surface area contributed by atoms with Gasteiger partial charge in [0.2, 0.25) is 5.91 Å². The molecular formula is C15H24N2O2. The van der Waals surface area contributed by atoms with Crippen LogP contribution < -0.4 is 10.6 Å². The van der Waals surface area contributed by atoms with Crippen LogP contribution in [0.2, 0.25) is 0 Å². The Hall–Kier alpha value is -1.39. The summed E-state index contributed by atoms with van der Waals surface area (Å²) in [6.07, 6.45) is 1.37. The molecule has 0 radical (unpaired) electrons. The van der Waals surface area contributed by atoms with Crippen molar-refractivity contribution >= 4 is 5.91 Å². The number of ether oxygens (including phenoxy) is 1. The van der Waals surface area contributed by atoms with Gasteiger partial charge in [-0.15, -0.1) is 0 Å². The van der Waals surface area contributed by atoms with Gasteiger partial charge in [0, 0.05) is 39.8 Å². The van der Waals surface area contributed by atoms with Crippen molar-refractivity contribution in [3.8, 4) is 0 Å². The second-order valence-corrected chi connectivity index (χ2v) is 4.61. The molecule has 0 aromatic heterocycles. The van der Waals surface area contributed by atoms with Crippen LogP contribution in [0.4, 0.5) is 0 Å². The summed E-state index contributed by atoms with van der Waals surface area (Å²) in [4.78, 5) is 11.5. The number of methoxy groups -OCH3 is 1. The van der Waals surface area contributed by atoms with Crippen molar-refractivity contribution in [1.29, 1.82) is 0 Å². The largest absolute Gasteiger partial charge is 0.385 e. The summed E-state index contributed by atoms with van der Waals surface area (Å²) in [7, 11) is 1.66. The van der Waals surface area contributed by atoms with Crippen LogP contribution in [0.3, 0.4) is 0 Å². The monoisotopic (exact) mass is 264 g/mol. The first-order valence-electron chi connectivity index (χ1n) is 6.74.